The van der Waals surface area contributed by atoms with E-state index >= 15 is 0 Å². The number of nitrogen functional groups attached to an aromatic ring is 1. The first-order chi connectivity index (χ1) is 9.06. The van der Waals surface area contributed by atoms with Gasteiger partial charge in [-0.1, -0.05) is 11.6 Å². The predicted octanol–water partition coefficient (Wildman–Crippen LogP) is 1.33. The van der Waals surface area contributed by atoms with Crippen LogP contribution in [0.15, 0.2) is 30.6 Å². The lowest BCUT2D eigenvalue weighted by molar-refractivity contribution is 0.100. The zero-order valence-electron chi connectivity index (χ0n) is 10.1. The van der Waals surface area contributed by atoms with Crippen LogP contribution in [0.1, 0.15) is 10.4 Å². The SMILES string of the molecule is NC(=O)c1cc(Cl)ccc1NCCn1cc(N)cn1. The van der Waals surface area contributed by atoms with E-state index in [1.165, 1.54) is 6.07 Å². The molecular weight excluding hydrogens is 266 g/mol. The molecule has 0 spiro atoms. The summed E-state index contributed by atoms with van der Waals surface area (Å²) in [6.07, 6.45) is 3.32. The van der Waals surface area contributed by atoms with E-state index in [2.05, 4.69) is 10.4 Å². The van der Waals surface area contributed by atoms with Crippen LogP contribution < -0.4 is 16.8 Å². The van der Waals surface area contributed by atoms with Crippen molar-refractivity contribution in [2.45, 2.75) is 6.54 Å². The molecule has 2 rings (SSSR count). The summed E-state index contributed by atoms with van der Waals surface area (Å²) >= 11 is 5.83. The van der Waals surface area contributed by atoms with Gasteiger partial charge in [-0.15, -0.1) is 0 Å². The first-order valence-electron chi connectivity index (χ1n) is 5.67. The molecule has 0 unspecified atom stereocenters. The molecule has 1 amide bonds. The summed E-state index contributed by atoms with van der Waals surface area (Å²) in [6.45, 7) is 1.21. The highest BCUT2D eigenvalue weighted by Gasteiger charge is 2.08. The summed E-state index contributed by atoms with van der Waals surface area (Å²) < 4.78 is 1.71. The van der Waals surface area contributed by atoms with Crippen LogP contribution in [0.5, 0.6) is 0 Å². The van der Waals surface area contributed by atoms with E-state index in [0.29, 0.717) is 35.1 Å². The van der Waals surface area contributed by atoms with Gasteiger partial charge in [-0.3, -0.25) is 9.48 Å². The zero-order chi connectivity index (χ0) is 13.8. The van der Waals surface area contributed by atoms with Crippen LogP contribution in [-0.4, -0.2) is 22.2 Å². The fourth-order valence-electron chi connectivity index (χ4n) is 1.68. The second-order valence-electron chi connectivity index (χ2n) is 4.02. The highest BCUT2D eigenvalue weighted by atomic mass is 35.5. The number of carbonyl (C=O) groups is 1. The Labute approximate surface area is 115 Å². The number of halogens is 1. The number of aromatic nitrogens is 2. The van der Waals surface area contributed by atoms with Crippen LogP contribution in [0.25, 0.3) is 0 Å². The molecule has 0 aliphatic rings. The average Bonchev–Trinajstić information content (AvgIpc) is 2.77. The summed E-state index contributed by atoms with van der Waals surface area (Å²) in [6, 6.07) is 4.96. The molecule has 0 radical (unpaired) electrons. The van der Waals surface area contributed by atoms with Crippen LogP contribution in [0.3, 0.4) is 0 Å². The van der Waals surface area contributed by atoms with Crippen molar-refractivity contribution in [1.82, 2.24) is 9.78 Å². The maximum absolute atomic E-state index is 11.3. The Morgan fingerprint density at radius 3 is 2.89 bits per heavy atom. The quantitative estimate of drug-likeness (QED) is 0.769. The lowest BCUT2D eigenvalue weighted by Gasteiger charge is -2.10. The molecule has 0 aliphatic carbocycles. The molecule has 19 heavy (non-hydrogen) atoms. The molecule has 1 aromatic carbocycles. The summed E-state index contributed by atoms with van der Waals surface area (Å²) in [7, 11) is 0. The summed E-state index contributed by atoms with van der Waals surface area (Å²) in [5, 5.41) is 7.65. The summed E-state index contributed by atoms with van der Waals surface area (Å²) in [5.41, 5.74) is 12.5. The number of rotatable bonds is 5. The van der Waals surface area contributed by atoms with Crippen molar-refractivity contribution in [1.29, 1.82) is 0 Å². The van der Waals surface area contributed by atoms with Crippen molar-refractivity contribution in [2.24, 2.45) is 5.73 Å². The average molecular weight is 280 g/mol. The molecule has 0 saturated heterocycles. The number of benzene rings is 1. The van der Waals surface area contributed by atoms with E-state index in [4.69, 9.17) is 23.1 Å². The normalized spacial score (nSPS) is 10.4. The number of anilines is 2. The molecule has 100 valence electrons. The molecule has 0 fully saturated rings. The second-order valence-corrected chi connectivity index (χ2v) is 4.45. The number of nitrogens with two attached hydrogens (primary N) is 2. The largest absolute Gasteiger partial charge is 0.396 e. The number of carbonyl (C=O) groups excluding carboxylic acids is 1. The molecule has 7 heteroatoms. The standard InChI is InChI=1S/C12H14ClN5O/c13-8-1-2-11(10(5-8)12(15)19)16-3-4-18-7-9(14)6-17-18/h1-2,5-7,16H,3-4,14H2,(H2,15,19). The molecule has 0 atom stereocenters. The fourth-order valence-corrected chi connectivity index (χ4v) is 1.85. The van der Waals surface area contributed by atoms with Crippen LogP contribution in [0.4, 0.5) is 11.4 Å². The van der Waals surface area contributed by atoms with Gasteiger partial charge < -0.3 is 16.8 Å². The van der Waals surface area contributed by atoms with Gasteiger partial charge in [0.2, 0.25) is 0 Å². The third-order valence-electron chi connectivity index (χ3n) is 2.56. The Kier molecular flexibility index (Phi) is 3.91. The monoisotopic (exact) mass is 279 g/mol. The Bertz CT molecular complexity index is 596. The van der Waals surface area contributed by atoms with E-state index in [1.54, 1.807) is 29.2 Å². The van der Waals surface area contributed by atoms with Gasteiger partial charge in [-0.05, 0) is 18.2 Å². The van der Waals surface area contributed by atoms with E-state index in [-0.39, 0.29) is 0 Å². The van der Waals surface area contributed by atoms with E-state index in [1.807, 2.05) is 0 Å². The van der Waals surface area contributed by atoms with Crippen molar-refractivity contribution < 1.29 is 4.79 Å². The van der Waals surface area contributed by atoms with Crippen molar-refractivity contribution >= 4 is 28.9 Å². The molecule has 1 heterocycles. The number of nitrogens with zero attached hydrogens (tertiary/aromatic N) is 2. The molecular formula is C12H14ClN5O. The third kappa shape index (κ3) is 3.38. The van der Waals surface area contributed by atoms with Crippen LogP contribution >= 0.6 is 11.6 Å². The van der Waals surface area contributed by atoms with Crippen LogP contribution in [-0.2, 0) is 6.54 Å². The summed E-state index contributed by atoms with van der Waals surface area (Å²) in [5.74, 6) is -0.520. The van der Waals surface area contributed by atoms with Gasteiger partial charge in [0.05, 0.1) is 24.0 Å². The maximum atomic E-state index is 11.3. The minimum Gasteiger partial charge on any atom is -0.396 e. The summed E-state index contributed by atoms with van der Waals surface area (Å²) in [4.78, 5) is 11.3. The van der Waals surface area contributed by atoms with E-state index in [0.717, 1.165) is 0 Å². The van der Waals surface area contributed by atoms with Gasteiger partial charge in [0.15, 0.2) is 0 Å². The first-order valence-corrected chi connectivity index (χ1v) is 6.05. The fraction of sp³-hybridized carbons (Fsp3) is 0.167. The Hall–Kier alpha value is -2.21. The first kappa shape index (κ1) is 13.2. The maximum Gasteiger partial charge on any atom is 0.250 e. The molecule has 5 N–H and O–H groups in total. The van der Waals surface area contributed by atoms with Gasteiger partial charge in [0, 0.05) is 23.5 Å². The molecule has 1 aromatic heterocycles. The van der Waals surface area contributed by atoms with Gasteiger partial charge in [-0.2, -0.15) is 5.10 Å². The number of hydrogen-bond acceptors (Lipinski definition) is 4. The predicted molar refractivity (Wildman–Crippen MR) is 75.1 cm³/mol. The molecule has 0 saturated carbocycles. The Balaban J connectivity index is 2.01. The highest BCUT2D eigenvalue weighted by Crippen LogP contribution is 2.20. The van der Waals surface area contributed by atoms with Gasteiger partial charge >= 0.3 is 0 Å². The Morgan fingerprint density at radius 1 is 1.47 bits per heavy atom. The second kappa shape index (κ2) is 5.62. The van der Waals surface area contributed by atoms with Crippen molar-refractivity contribution in [3.63, 3.8) is 0 Å². The number of amides is 1. The van der Waals surface area contributed by atoms with Gasteiger partial charge in [0.25, 0.3) is 5.91 Å². The smallest absolute Gasteiger partial charge is 0.250 e. The lowest BCUT2D eigenvalue weighted by Crippen LogP contribution is -2.17. The van der Waals surface area contributed by atoms with Crippen molar-refractivity contribution in [3.8, 4) is 0 Å². The van der Waals surface area contributed by atoms with E-state index in [9.17, 15) is 4.79 Å². The number of primary amides is 1. The lowest BCUT2D eigenvalue weighted by atomic mass is 10.1. The minimum atomic E-state index is -0.520. The Morgan fingerprint density at radius 2 is 2.26 bits per heavy atom. The number of nitrogens with one attached hydrogen (secondary N) is 1. The highest BCUT2D eigenvalue weighted by molar-refractivity contribution is 6.31. The minimum absolute atomic E-state index is 0.368. The van der Waals surface area contributed by atoms with Crippen LogP contribution in [0.2, 0.25) is 5.02 Å². The zero-order valence-corrected chi connectivity index (χ0v) is 10.9. The van der Waals surface area contributed by atoms with Gasteiger partial charge in [-0.25, -0.2) is 0 Å². The molecule has 0 bridgehead atoms. The molecule has 0 aliphatic heterocycles. The van der Waals surface area contributed by atoms with Gasteiger partial charge in [0.1, 0.15) is 0 Å². The third-order valence-corrected chi connectivity index (χ3v) is 2.79. The van der Waals surface area contributed by atoms with E-state index < -0.39 is 5.91 Å². The topological polar surface area (TPSA) is 99.0 Å². The molecule has 2 aromatic rings. The van der Waals surface area contributed by atoms with Crippen molar-refractivity contribution in [2.75, 3.05) is 17.6 Å². The van der Waals surface area contributed by atoms with Crippen LogP contribution in [0, 0.1) is 0 Å². The number of hydrogen-bond donors (Lipinski definition) is 3. The van der Waals surface area contributed by atoms with Crippen molar-refractivity contribution in [3.05, 3.63) is 41.2 Å². The molecule has 6 nitrogen and oxygen atoms in total.